The molecule has 0 heterocycles. The summed E-state index contributed by atoms with van der Waals surface area (Å²) in [6.45, 7) is 10.1. The summed E-state index contributed by atoms with van der Waals surface area (Å²) >= 11 is 0. The van der Waals surface area contributed by atoms with Crippen LogP contribution in [0.2, 0.25) is 0 Å². The van der Waals surface area contributed by atoms with Crippen molar-refractivity contribution in [1.29, 1.82) is 0 Å². The first-order valence-corrected chi connectivity index (χ1v) is 16.8. The van der Waals surface area contributed by atoms with Crippen molar-refractivity contribution in [1.82, 2.24) is 10.4 Å². The minimum absolute atomic E-state index is 0.0305. The number of benzene rings is 1. The van der Waals surface area contributed by atoms with E-state index in [9.17, 15) is 26.4 Å². The molecule has 1 rings (SSSR count). The number of carbonyl (C=O) groups is 2. The van der Waals surface area contributed by atoms with Crippen LogP contribution in [0.15, 0.2) is 24.3 Å². The minimum atomic E-state index is -3.42. The molecule has 0 saturated heterocycles. The van der Waals surface area contributed by atoms with Crippen molar-refractivity contribution in [3.63, 3.8) is 0 Å². The molecular weight excluding hydrogens is 544 g/mol. The molecule has 39 heavy (non-hydrogen) atoms. The van der Waals surface area contributed by atoms with Crippen LogP contribution >= 0.6 is 0 Å². The Balaban J connectivity index is 3.24. The molecule has 1 atom stereocenters. The number of nitrogens with zero attached hydrogens (tertiary/aromatic N) is 1. The maximum Gasteiger partial charge on any atom is 0.428 e. The highest BCUT2D eigenvalue weighted by molar-refractivity contribution is 7.91. The lowest BCUT2D eigenvalue weighted by Crippen LogP contribution is -2.52. The summed E-state index contributed by atoms with van der Waals surface area (Å²) in [7, 11) is -5.21. The third kappa shape index (κ3) is 12.7. The van der Waals surface area contributed by atoms with E-state index < -0.39 is 54.7 Å². The first-order chi connectivity index (χ1) is 17.6. The molecule has 0 aliphatic carbocycles. The van der Waals surface area contributed by atoms with Gasteiger partial charge in [0.1, 0.15) is 15.4 Å². The molecule has 2 amide bonds. The summed E-state index contributed by atoms with van der Waals surface area (Å²) in [4.78, 5) is 26.1. The van der Waals surface area contributed by atoms with Gasteiger partial charge in [0.2, 0.25) is 5.91 Å². The lowest BCUT2D eigenvalue weighted by atomic mass is 9.75. The molecule has 1 aromatic rings. The number of nitrogens with one attached hydrogen (secondary N) is 1. The van der Waals surface area contributed by atoms with Crippen LogP contribution in [0.25, 0.3) is 0 Å². The van der Waals surface area contributed by atoms with E-state index in [4.69, 9.17) is 9.84 Å². The lowest BCUT2D eigenvalue weighted by molar-refractivity contribution is -0.131. The highest BCUT2D eigenvalue weighted by Crippen LogP contribution is 2.34. The number of ether oxygens (including phenoxy) is 1. The maximum atomic E-state index is 13.7. The first-order valence-electron chi connectivity index (χ1n) is 13.0. The van der Waals surface area contributed by atoms with Crippen LogP contribution in [0.4, 0.5) is 4.79 Å². The molecular formula is C27H46N2O8S2. The molecule has 0 radical (unpaired) electrons. The maximum absolute atomic E-state index is 13.7. The fourth-order valence-corrected chi connectivity index (χ4v) is 6.58. The highest BCUT2D eigenvalue weighted by atomic mass is 32.2. The SMILES string of the molecule is CN(NC(=O)[C@](C)(CCCC(C)(C)CS(=O)(=O)CCO)c1cccc(CCS(C)(=O)=O)c1)C(=O)OC(C)(C)C. The quantitative estimate of drug-likeness (QED) is 0.333. The van der Waals surface area contributed by atoms with Crippen molar-refractivity contribution < 1.29 is 36.3 Å². The smallest absolute Gasteiger partial charge is 0.428 e. The fourth-order valence-electron chi connectivity index (χ4n) is 4.21. The van der Waals surface area contributed by atoms with Gasteiger partial charge >= 0.3 is 6.09 Å². The van der Waals surface area contributed by atoms with E-state index in [0.717, 1.165) is 10.6 Å². The molecule has 12 heteroatoms. The first kappa shape index (κ1) is 34.8. The number of carbonyl (C=O) groups excluding carboxylic acids is 2. The second kappa shape index (κ2) is 13.5. The number of rotatable bonds is 13. The number of amides is 2. The summed E-state index contributed by atoms with van der Waals surface area (Å²) in [6, 6.07) is 7.15. The number of sulfone groups is 2. The Bertz CT molecular complexity index is 1200. The van der Waals surface area contributed by atoms with Crippen LogP contribution in [0.5, 0.6) is 0 Å². The number of aryl methyl sites for hydroxylation is 1. The number of aliphatic hydroxyl groups is 1. The molecule has 0 unspecified atom stereocenters. The van der Waals surface area contributed by atoms with Crippen LogP contribution in [-0.4, -0.2) is 81.7 Å². The third-order valence-corrected chi connectivity index (χ3v) is 9.28. The number of aliphatic hydroxyl groups excluding tert-OH is 1. The van der Waals surface area contributed by atoms with E-state index in [1.807, 2.05) is 13.8 Å². The van der Waals surface area contributed by atoms with Crippen LogP contribution in [0.3, 0.4) is 0 Å². The molecule has 0 bridgehead atoms. The highest BCUT2D eigenvalue weighted by Gasteiger charge is 2.37. The molecule has 0 aliphatic rings. The number of hydrogen-bond acceptors (Lipinski definition) is 8. The Labute approximate surface area is 234 Å². The summed E-state index contributed by atoms with van der Waals surface area (Å²) in [6.07, 6.45) is 2.06. The van der Waals surface area contributed by atoms with Gasteiger partial charge in [0.05, 0.1) is 29.3 Å². The van der Waals surface area contributed by atoms with E-state index in [-0.39, 0.29) is 23.7 Å². The molecule has 0 aliphatic heterocycles. The fraction of sp³-hybridized carbons (Fsp3) is 0.704. The zero-order valence-corrected chi connectivity index (χ0v) is 26.2. The molecule has 0 saturated carbocycles. The normalized spacial score (nSPS) is 14.4. The van der Waals surface area contributed by atoms with Crippen LogP contribution in [0.1, 0.15) is 71.9 Å². The van der Waals surface area contributed by atoms with Gasteiger partial charge in [-0.2, -0.15) is 0 Å². The summed E-state index contributed by atoms with van der Waals surface area (Å²) in [5, 5.41) is 10.0. The number of hydrogen-bond donors (Lipinski definition) is 2. The van der Waals surface area contributed by atoms with Crippen molar-refractivity contribution in [3.8, 4) is 0 Å². The van der Waals surface area contributed by atoms with Crippen LogP contribution in [0, 0.1) is 5.41 Å². The Morgan fingerprint density at radius 2 is 1.62 bits per heavy atom. The van der Waals surface area contributed by atoms with Gasteiger partial charge in [-0.15, -0.1) is 0 Å². The molecule has 2 N–H and O–H groups in total. The number of hydrazine groups is 1. The van der Waals surface area contributed by atoms with Crippen LogP contribution in [-0.2, 0) is 41.0 Å². The second-order valence-electron chi connectivity index (χ2n) is 12.2. The van der Waals surface area contributed by atoms with Crippen molar-refractivity contribution in [2.45, 2.75) is 78.2 Å². The Morgan fingerprint density at radius 1 is 1.00 bits per heavy atom. The lowest BCUT2D eigenvalue weighted by Gasteiger charge is -2.33. The van der Waals surface area contributed by atoms with Gasteiger partial charge in [0.15, 0.2) is 9.84 Å². The largest absolute Gasteiger partial charge is 0.442 e. The topological polar surface area (TPSA) is 147 Å². The molecule has 0 fully saturated rings. The Hall–Kier alpha value is -2.18. The molecule has 0 spiro atoms. The average molecular weight is 591 g/mol. The molecule has 10 nitrogen and oxygen atoms in total. The summed E-state index contributed by atoms with van der Waals surface area (Å²) < 4.78 is 53.2. The van der Waals surface area contributed by atoms with Gasteiger partial charge in [0, 0.05) is 13.3 Å². The Morgan fingerprint density at radius 3 is 2.15 bits per heavy atom. The summed E-state index contributed by atoms with van der Waals surface area (Å²) in [5.41, 5.74) is 1.56. The van der Waals surface area contributed by atoms with Crippen LogP contribution < -0.4 is 5.43 Å². The van der Waals surface area contributed by atoms with Gasteiger partial charge in [-0.1, -0.05) is 44.5 Å². The van der Waals surface area contributed by atoms with E-state index in [1.165, 1.54) is 13.3 Å². The van der Waals surface area contributed by atoms with E-state index in [0.29, 0.717) is 24.8 Å². The van der Waals surface area contributed by atoms with Gasteiger partial charge in [-0.05, 0) is 63.5 Å². The summed E-state index contributed by atoms with van der Waals surface area (Å²) in [5.74, 6) is -0.876. The van der Waals surface area contributed by atoms with Crippen molar-refractivity contribution >= 4 is 31.7 Å². The van der Waals surface area contributed by atoms with E-state index >= 15 is 0 Å². The van der Waals surface area contributed by atoms with Crippen molar-refractivity contribution in [2.75, 3.05) is 37.2 Å². The van der Waals surface area contributed by atoms with Gasteiger partial charge in [-0.25, -0.2) is 26.6 Å². The Kier molecular flexibility index (Phi) is 12.0. The predicted octanol–water partition coefficient (Wildman–Crippen LogP) is 3.03. The molecule has 1 aromatic carbocycles. The van der Waals surface area contributed by atoms with E-state index in [2.05, 4.69) is 5.43 Å². The van der Waals surface area contributed by atoms with Gasteiger partial charge < -0.3 is 9.84 Å². The zero-order chi connectivity index (χ0) is 30.3. The second-order valence-corrected chi connectivity index (χ2v) is 16.7. The zero-order valence-electron chi connectivity index (χ0n) is 24.5. The van der Waals surface area contributed by atoms with Crippen molar-refractivity contribution in [3.05, 3.63) is 35.4 Å². The monoisotopic (exact) mass is 590 g/mol. The third-order valence-electron chi connectivity index (χ3n) is 6.31. The van der Waals surface area contributed by atoms with Gasteiger partial charge in [0.25, 0.3) is 0 Å². The van der Waals surface area contributed by atoms with E-state index in [1.54, 1.807) is 52.0 Å². The van der Waals surface area contributed by atoms with Crippen molar-refractivity contribution in [2.24, 2.45) is 5.41 Å². The standard InChI is InChI=1S/C27H46N2O8S2/c1-25(2,3)37-24(32)29(7)28-23(31)27(6,15-10-14-26(4,5)20-39(35,36)18-16-30)22-12-9-11-21(19-22)13-17-38(8,33)34/h9,11-12,19,30H,10,13-18,20H2,1-8H3,(H,28,31)/t27-/m1/s1. The minimum Gasteiger partial charge on any atom is -0.442 e. The predicted molar refractivity (Wildman–Crippen MR) is 153 cm³/mol. The average Bonchev–Trinajstić information content (AvgIpc) is 2.75. The molecule has 224 valence electrons. The van der Waals surface area contributed by atoms with Gasteiger partial charge in [-0.3, -0.25) is 10.2 Å². The molecule has 0 aromatic heterocycles.